The van der Waals surface area contributed by atoms with Crippen molar-refractivity contribution < 1.29 is 18.4 Å². The highest BCUT2D eigenvalue weighted by Gasteiger charge is 2.17. The Labute approximate surface area is 153 Å². The molecule has 132 valence electrons. The summed E-state index contributed by atoms with van der Waals surface area (Å²) in [5, 5.41) is 6.96. The lowest BCUT2D eigenvalue weighted by molar-refractivity contribution is -0.116. The molecule has 0 saturated carbocycles. The summed E-state index contributed by atoms with van der Waals surface area (Å²) in [6.07, 6.45) is 1.14. The lowest BCUT2D eigenvalue weighted by atomic mass is 10.0. The molecule has 0 radical (unpaired) electrons. The predicted molar refractivity (Wildman–Crippen MR) is 94.6 cm³/mol. The van der Waals surface area contributed by atoms with Gasteiger partial charge in [-0.05, 0) is 42.3 Å². The minimum atomic E-state index is -0.463. The third-order valence-corrected chi connectivity index (χ3v) is 4.45. The van der Waals surface area contributed by atoms with Crippen molar-refractivity contribution in [2.75, 3.05) is 5.32 Å². The van der Waals surface area contributed by atoms with E-state index < -0.39 is 5.82 Å². The maximum Gasteiger partial charge on any atom is 0.224 e. The molecule has 2 heterocycles. The average molecular weight is 373 g/mol. The number of halogens is 2. The molecule has 26 heavy (non-hydrogen) atoms. The minimum Gasteiger partial charge on any atom is -0.486 e. The van der Waals surface area contributed by atoms with Gasteiger partial charge in [-0.3, -0.25) is 4.79 Å². The topological polar surface area (TPSA) is 64.4 Å². The molecule has 1 amide bonds. The number of hydrogen-bond acceptors (Lipinski definition) is 4. The summed E-state index contributed by atoms with van der Waals surface area (Å²) in [5.41, 5.74) is 2.36. The van der Waals surface area contributed by atoms with Gasteiger partial charge in [0.1, 0.15) is 23.9 Å². The molecule has 4 rings (SSSR count). The molecule has 1 aromatic heterocycles. The molecule has 0 fully saturated rings. The fourth-order valence-electron chi connectivity index (χ4n) is 2.85. The van der Waals surface area contributed by atoms with Crippen molar-refractivity contribution in [1.29, 1.82) is 0 Å². The molecule has 7 heteroatoms. The van der Waals surface area contributed by atoms with E-state index in [1.807, 2.05) is 12.1 Å². The van der Waals surface area contributed by atoms with Crippen molar-refractivity contribution in [3.05, 3.63) is 64.6 Å². The van der Waals surface area contributed by atoms with Gasteiger partial charge in [0.25, 0.3) is 0 Å². The van der Waals surface area contributed by atoms with E-state index in [1.165, 1.54) is 12.1 Å². The highest BCUT2D eigenvalue weighted by Crippen LogP contribution is 2.31. The highest BCUT2D eigenvalue weighted by atomic mass is 35.5. The zero-order valence-electron chi connectivity index (χ0n) is 13.6. The van der Waals surface area contributed by atoms with Crippen molar-refractivity contribution in [3.8, 4) is 17.0 Å². The Balaban J connectivity index is 1.48. The van der Waals surface area contributed by atoms with Gasteiger partial charge in [-0.2, -0.15) is 0 Å². The van der Waals surface area contributed by atoms with E-state index in [9.17, 15) is 9.18 Å². The van der Waals surface area contributed by atoms with E-state index in [0.29, 0.717) is 30.0 Å². The molecule has 1 N–H and O–H groups in total. The van der Waals surface area contributed by atoms with Gasteiger partial charge < -0.3 is 14.6 Å². The van der Waals surface area contributed by atoms with Gasteiger partial charge in [0, 0.05) is 18.2 Å². The second-order valence-electron chi connectivity index (χ2n) is 5.93. The number of aromatic nitrogens is 1. The highest BCUT2D eigenvalue weighted by molar-refractivity contribution is 6.33. The van der Waals surface area contributed by atoms with Gasteiger partial charge in [0.15, 0.2) is 5.76 Å². The van der Waals surface area contributed by atoms with Crippen LogP contribution in [0, 0.1) is 5.82 Å². The fraction of sp³-hybridized carbons (Fsp3) is 0.158. The third kappa shape index (κ3) is 3.28. The van der Waals surface area contributed by atoms with Crippen LogP contribution in [0.1, 0.15) is 17.7 Å². The standard InChI is InChI=1S/C19H14ClFN2O3/c20-14-2-1-3-15(21)19(14)17-9-13(26-23-17)10-25-12-5-6-16-11(8-12)4-7-18(24)22-16/h1-3,5-6,8-9H,4,7,10H2,(H,22,24). The Bertz CT molecular complexity index is 966. The number of fused-ring (bicyclic) bond motifs is 1. The smallest absolute Gasteiger partial charge is 0.224 e. The maximum atomic E-state index is 14.0. The molecule has 3 aromatic rings. The summed E-state index contributed by atoms with van der Waals surface area (Å²) >= 11 is 6.04. The van der Waals surface area contributed by atoms with Crippen LogP contribution in [0.15, 0.2) is 47.0 Å². The Hall–Kier alpha value is -2.86. The molecule has 0 unspecified atom stereocenters. The number of hydrogen-bond donors (Lipinski definition) is 1. The van der Waals surface area contributed by atoms with E-state index in [1.54, 1.807) is 18.2 Å². The Kier molecular flexibility index (Phi) is 4.34. The molecule has 0 bridgehead atoms. The number of carbonyl (C=O) groups excluding carboxylic acids is 1. The van der Waals surface area contributed by atoms with Crippen LogP contribution < -0.4 is 10.1 Å². The van der Waals surface area contributed by atoms with Crippen LogP contribution in [-0.2, 0) is 17.8 Å². The van der Waals surface area contributed by atoms with Gasteiger partial charge in [-0.1, -0.05) is 22.8 Å². The zero-order valence-corrected chi connectivity index (χ0v) is 14.3. The van der Waals surface area contributed by atoms with E-state index in [-0.39, 0.29) is 23.1 Å². The Morgan fingerprint density at radius 2 is 2.12 bits per heavy atom. The predicted octanol–water partition coefficient (Wildman–Crippen LogP) is 4.60. The SMILES string of the molecule is O=C1CCc2cc(OCc3cc(-c4c(F)cccc4Cl)no3)ccc2N1. The van der Waals surface area contributed by atoms with Crippen LogP contribution in [-0.4, -0.2) is 11.1 Å². The first kappa shape index (κ1) is 16.6. The van der Waals surface area contributed by atoms with Crippen LogP contribution in [0.3, 0.4) is 0 Å². The fourth-order valence-corrected chi connectivity index (χ4v) is 3.11. The monoisotopic (exact) mass is 372 g/mol. The van der Waals surface area contributed by atoms with E-state index in [4.69, 9.17) is 20.9 Å². The number of nitrogens with zero attached hydrogens (tertiary/aromatic N) is 1. The van der Waals surface area contributed by atoms with Crippen molar-refractivity contribution in [2.45, 2.75) is 19.4 Å². The lowest BCUT2D eigenvalue weighted by Gasteiger charge is -2.17. The second-order valence-corrected chi connectivity index (χ2v) is 6.34. The third-order valence-electron chi connectivity index (χ3n) is 4.13. The van der Waals surface area contributed by atoms with E-state index in [2.05, 4.69) is 10.5 Å². The molecular formula is C19H14ClFN2O3. The van der Waals surface area contributed by atoms with Gasteiger partial charge in [-0.15, -0.1) is 0 Å². The first-order valence-corrected chi connectivity index (χ1v) is 8.43. The van der Waals surface area contributed by atoms with Crippen LogP contribution >= 0.6 is 11.6 Å². The van der Waals surface area contributed by atoms with Crippen LogP contribution in [0.5, 0.6) is 5.75 Å². The molecule has 0 spiro atoms. The number of anilines is 1. The van der Waals surface area contributed by atoms with E-state index >= 15 is 0 Å². The number of ether oxygens (including phenoxy) is 1. The van der Waals surface area contributed by atoms with Crippen LogP contribution in [0.2, 0.25) is 5.02 Å². The largest absolute Gasteiger partial charge is 0.486 e. The van der Waals surface area contributed by atoms with Crippen molar-refractivity contribution in [1.82, 2.24) is 5.16 Å². The molecule has 0 atom stereocenters. The number of benzene rings is 2. The number of amides is 1. The number of nitrogens with one attached hydrogen (secondary N) is 1. The lowest BCUT2D eigenvalue weighted by Crippen LogP contribution is -2.18. The number of aryl methyl sites for hydroxylation is 1. The first-order chi connectivity index (χ1) is 12.6. The average Bonchev–Trinajstić information content (AvgIpc) is 3.08. The van der Waals surface area contributed by atoms with Gasteiger partial charge in [0.05, 0.1) is 10.6 Å². The quantitative estimate of drug-likeness (QED) is 0.727. The van der Waals surface area contributed by atoms with Crippen molar-refractivity contribution >= 4 is 23.2 Å². The van der Waals surface area contributed by atoms with Gasteiger partial charge >= 0.3 is 0 Å². The van der Waals surface area contributed by atoms with Crippen LogP contribution in [0.4, 0.5) is 10.1 Å². The van der Waals surface area contributed by atoms with Gasteiger partial charge in [-0.25, -0.2) is 4.39 Å². The molecule has 0 aliphatic carbocycles. The zero-order chi connectivity index (χ0) is 18.1. The normalized spacial score (nSPS) is 13.2. The summed E-state index contributed by atoms with van der Waals surface area (Å²) in [4.78, 5) is 11.4. The van der Waals surface area contributed by atoms with E-state index in [0.717, 1.165) is 11.3 Å². The maximum absolute atomic E-state index is 14.0. The van der Waals surface area contributed by atoms with Crippen LogP contribution in [0.25, 0.3) is 11.3 Å². The first-order valence-electron chi connectivity index (χ1n) is 8.06. The molecular weight excluding hydrogens is 359 g/mol. The summed E-state index contributed by atoms with van der Waals surface area (Å²) in [5.74, 6) is 0.661. The summed E-state index contributed by atoms with van der Waals surface area (Å²) in [6.45, 7) is 0.143. The molecule has 5 nitrogen and oxygen atoms in total. The summed E-state index contributed by atoms with van der Waals surface area (Å²) in [6, 6.07) is 11.5. The minimum absolute atomic E-state index is 0.0205. The molecule has 1 aliphatic rings. The van der Waals surface area contributed by atoms with Gasteiger partial charge in [0.2, 0.25) is 5.91 Å². The number of carbonyl (C=O) groups is 1. The molecule has 1 aliphatic heterocycles. The Morgan fingerprint density at radius 3 is 2.96 bits per heavy atom. The molecule has 2 aromatic carbocycles. The number of rotatable bonds is 4. The van der Waals surface area contributed by atoms with Crippen molar-refractivity contribution in [3.63, 3.8) is 0 Å². The summed E-state index contributed by atoms with van der Waals surface area (Å²) in [7, 11) is 0. The Morgan fingerprint density at radius 1 is 1.23 bits per heavy atom. The summed E-state index contributed by atoms with van der Waals surface area (Å²) < 4.78 is 24.9. The second kappa shape index (κ2) is 6.80. The molecule has 0 saturated heterocycles. The van der Waals surface area contributed by atoms with Crippen molar-refractivity contribution in [2.24, 2.45) is 0 Å².